The topological polar surface area (TPSA) is 36.2 Å². The number of benzene rings is 1. The molecule has 4 nitrogen and oxygen atoms in total. The van der Waals surface area contributed by atoms with Crippen molar-refractivity contribution in [2.75, 3.05) is 6.61 Å². The molecule has 0 unspecified atom stereocenters. The molecule has 108 valence electrons. The second kappa shape index (κ2) is 5.48. The van der Waals surface area contributed by atoms with E-state index >= 15 is 0 Å². The van der Waals surface area contributed by atoms with Gasteiger partial charge >= 0.3 is 0 Å². The van der Waals surface area contributed by atoms with E-state index in [4.69, 9.17) is 4.74 Å². The van der Waals surface area contributed by atoms with Crippen molar-refractivity contribution < 1.29 is 9.53 Å². The number of nitrogens with zero attached hydrogens (tertiary/aromatic N) is 2. The number of hydrogen-bond acceptors (Lipinski definition) is 2. The summed E-state index contributed by atoms with van der Waals surface area (Å²) in [5.41, 5.74) is 1.79. The molecule has 2 aromatic heterocycles. The number of ether oxygens (including phenoxy) is 1. The number of aromatic nitrogens is 2. The lowest BCUT2D eigenvalue weighted by Gasteiger charge is -2.06. The van der Waals surface area contributed by atoms with Crippen molar-refractivity contribution in [1.29, 1.82) is 0 Å². The number of rotatable bonds is 5. The van der Waals surface area contributed by atoms with Crippen molar-refractivity contribution in [3.8, 4) is 5.75 Å². The molecule has 0 aliphatic carbocycles. The first-order valence-corrected chi connectivity index (χ1v) is 7.04. The summed E-state index contributed by atoms with van der Waals surface area (Å²) in [7, 11) is 1.91. The van der Waals surface area contributed by atoms with Gasteiger partial charge in [-0.3, -0.25) is 4.79 Å². The van der Waals surface area contributed by atoms with Crippen LogP contribution < -0.4 is 4.74 Å². The van der Waals surface area contributed by atoms with Crippen molar-refractivity contribution in [3.63, 3.8) is 0 Å². The molecule has 0 aliphatic rings. The average molecular weight is 282 g/mol. The maximum Gasteiger partial charge on any atom is 0.184 e. The van der Waals surface area contributed by atoms with Crippen molar-refractivity contribution in [3.05, 3.63) is 54.5 Å². The van der Waals surface area contributed by atoms with Crippen LogP contribution in [0, 0.1) is 0 Å². The quantitative estimate of drug-likeness (QED) is 0.673. The van der Waals surface area contributed by atoms with Gasteiger partial charge in [0.25, 0.3) is 0 Å². The Bertz CT molecular complexity index is 783. The summed E-state index contributed by atoms with van der Waals surface area (Å²) in [5, 5.41) is 1.09. The van der Waals surface area contributed by atoms with E-state index in [1.165, 1.54) is 0 Å². The first-order valence-electron chi connectivity index (χ1n) is 7.04. The van der Waals surface area contributed by atoms with Crippen LogP contribution in [0.3, 0.4) is 0 Å². The smallest absolute Gasteiger partial charge is 0.184 e. The number of aryl methyl sites for hydroxylation is 1. The molecule has 0 amide bonds. The van der Waals surface area contributed by atoms with Crippen LogP contribution in [0.15, 0.2) is 48.9 Å². The highest BCUT2D eigenvalue weighted by atomic mass is 16.5. The molecule has 0 N–H and O–H groups in total. The molecule has 0 aliphatic heterocycles. The van der Waals surface area contributed by atoms with Gasteiger partial charge in [0.2, 0.25) is 0 Å². The summed E-state index contributed by atoms with van der Waals surface area (Å²) in [4.78, 5) is 12.3. The van der Waals surface area contributed by atoms with Gasteiger partial charge in [0.15, 0.2) is 5.78 Å². The van der Waals surface area contributed by atoms with E-state index in [2.05, 4.69) is 0 Å². The molecule has 3 aromatic rings. The van der Waals surface area contributed by atoms with Gasteiger partial charge in [0.05, 0.1) is 13.2 Å². The lowest BCUT2D eigenvalue weighted by atomic mass is 10.2. The fourth-order valence-electron chi connectivity index (χ4n) is 2.49. The van der Waals surface area contributed by atoms with Crippen molar-refractivity contribution in [1.82, 2.24) is 9.13 Å². The van der Waals surface area contributed by atoms with Crippen LogP contribution in [0.2, 0.25) is 0 Å². The van der Waals surface area contributed by atoms with Crippen LogP contribution in [0.5, 0.6) is 5.75 Å². The Kier molecular flexibility index (Phi) is 3.52. The van der Waals surface area contributed by atoms with Crippen LogP contribution in [0.1, 0.15) is 17.3 Å². The third-order valence-electron chi connectivity index (χ3n) is 3.52. The van der Waals surface area contributed by atoms with E-state index in [-0.39, 0.29) is 5.78 Å². The highest BCUT2D eigenvalue weighted by Crippen LogP contribution is 2.22. The van der Waals surface area contributed by atoms with Gasteiger partial charge in [-0.2, -0.15) is 0 Å². The number of hydrogen-bond donors (Lipinski definition) is 0. The number of fused-ring (bicyclic) bond motifs is 1. The van der Waals surface area contributed by atoms with Gasteiger partial charge < -0.3 is 13.9 Å². The molecule has 21 heavy (non-hydrogen) atoms. The van der Waals surface area contributed by atoms with Crippen molar-refractivity contribution in [2.45, 2.75) is 13.5 Å². The average Bonchev–Trinajstić information content (AvgIpc) is 3.06. The Morgan fingerprint density at radius 1 is 1.19 bits per heavy atom. The van der Waals surface area contributed by atoms with Crippen LogP contribution in [-0.2, 0) is 13.6 Å². The summed E-state index contributed by atoms with van der Waals surface area (Å²) < 4.78 is 9.35. The van der Waals surface area contributed by atoms with Crippen molar-refractivity contribution >= 4 is 16.7 Å². The molecule has 0 radical (unpaired) electrons. The second-order valence-corrected chi connectivity index (χ2v) is 5.09. The lowest BCUT2D eigenvalue weighted by molar-refractivity contribution is 0.0973. The van der Waals surface area contributed by atoms with E-state index < -0.39 is 0 Å². The van der Waals surface area contributed by atoms with E-state index in [0.29, 0.717) is 13.2 Å². The molecule has 4 heteroatoms. The third-order valence-corrected chi connectivity index (χ3v) is 3.52. The van der Waals surface area contributed by atoms with Gasteiger partial charge in [-0.15, -0.1) is 0 Å². The van der Waals surface area contributed by atoms with E-state index in [1.54, 1.807) is 0 Å². The summed E-state index contributed by atoms with van der Waals surface area (Å²) in [6, 6.07) is 9.80. The molecular weight excluding hydrogens is 264 g/mol. The maximum absolute atomic E-state index is 12.3. The fraction of sp³-hybridized carbons (Fsp3) is 0.235. The largest absolute Gasteiger partial charge is 0.494 e. The van der Waals surface area contributed by atoms with E-state index in [1.807, 2.05) is 72.0 Å². The Hall–Kier alpha value is -2.49. The molecule has 1 aromatic carbocycles. The van der Waals surface area contributed by atoms with Gasteiger partial charge in [0, 0.05) is 42.1 Å². The molecule has 2 heterocycles. The summed E-state index contributed by atoms with van der Waals surface area (Å²) in [6.07, 6.45) is 5.68. The Morgan fingerprint density at radius 3 is 2.76 bits per heavy atom. The minimum Gasteiger partial charge on any atom is -0.494 e. The second-order valence-electron chi connectivity index (χ2n) is 5.09. The zero-order chi connectivity index (χ0) is 14.8. The standard InChI is InChI=1S/C17H18N2O2/c1-3-21-15-4-5-16-13(10-15)7-9-19(16)12-17(20)14-6-8-18(2)11-14/h4-11H,3,12H2,1-2H3. The zero-order valence-electron chi connectivity index (χ0n) is 12.2. The highest BCUT2D eigenvalue weighted by molar-refractivity contribution is 5.96. The number of Topliss-reactive ketones (excluding diaryl/α,β-unsaturated/α-hetero) is 1. The molecular formula is C17H18N2O2. The minimum absolute atomic E-state index is 0.113. The Labute approximate surface area is 123 Å². The predicted octanol–water partition coefficient (Wildman–Crippen LogP) is 3.26. The molecule has 0 bridgehead atoms. The zero-order valence-corrected chi connectivity index (χ0v) is 12.2. The minimum atomic E-state index is 0.113. The molecule has 3 rings (SSSR count). The third kappa shape index (κ3) is 2.70. The van der Waals surface area contributed by atoms with Gasteiger partial charge in [-0.1, -0.05) is 0 Å². The molecule has 0 spiro atoms. The van der Waals surface area contributed by atoms with Crippen LogP contribution in [0.4, 0.5) is 0 Å². The molecule has 0 fully saturated rings. The number of carbonyl (C=O) groups is 1. The van der Waals surface area contributed by atoms with E-state index in [0.717, 1.165) is 22.2 Å². The summed E-state index contributed by atoms with van der Waals surface area (Å²) in [5.74, 6) is 0.971. The summed E-state index contributed by atoms with van der Waals surface area (Å²) >= 11 is 0. The molecule has 0 saturated carbocycles. The van der Waals surface area contributed by atoms with Crippen molar-refractivity contribution in [2.24, 2.45) is 7.05 Å². The predicted molar refractivity (Wildman–Crippen MR) is 82.9 cm³/mol. The first kappa shape index (κ1) is 13.5. The van der Waals surface area contributed by atoms with Crippen LogP contribution in [0.25, 0.3) is 10.9 Å². The fourth-order valence-corrected chi connectivity index (χ4v) is 2.49. The monoisotopic (exact) mass is 282 g/mol. The number of carbonyl (C=O) groups excluding carboxylic acids is 1. The number of ketones is 1. The first-order chi connectivity index (χ1) is 10.2. The Morgan fingerprint density at radius 2 is 2.05 bits per heavy atom. The van der Waals surface area contributed by atoms with Gasteiger partial charge in [-0.25, -0.2) is 0 Å². The SMILES string of the molecule is CCOc1ccc2c(ccn2CC(=O)c2ccn(C)c2)c1. The summed E-state index contributed by atoms with van der Waals surface area (Å²) in [6.45, 7) is 2.97. The molecule has 0 atom stereocenters. The normalized spacial score (nSPS) is 11.0. The highest BCUT2D eigenvalue weighted by Gasteiger charge is 2.10. The van der Waals surface area contributed by atoms with Gasteiger partial charge in [-0.05, 0) is 37.3 Å². The van der Waals surface area contributed by atoms with E-state index in [9.17, 15) is 4.79 Å². The van der Waals surface area contributed by atoms with Gasteiger partial charge in [0.1, 0.15) is 5.75 Å². The molecule has 0 saturated heterocycles. The van der Waals surface area contributed by atoms with Crippen LogP contribution >= 0.6 is 0 Å². The Balaban J connectivity index is 1.86. The van der Waals surface area contributed by atoms with Crippen LogP contribution in [-0.4, -0.2) is 21.5 Å². The lowest BCUT2D eigenvalue weighted by Crippen LogP contribution is -2.08. The maximum atomic E-state index is 12.3.